The zero-order valence-corrected chi connectivity index (χ0v) is 13.4. The Balaban J connectivity index is 2.24. The van der Waals surface area contributed by atoms with Crippen LogP contribution < -0.4 is 0 Å². The molecule has 0 fully saturated rings. The zero-order valence-electron chi connectivity index (χ0n) is 11.8. The zero-order chi connectivity index (χ0) is 14.2. The van der Waals surface area contributed by atoms with E-state index in [1.807, 2.05) is 25.5 Å². The predicted molar refractivity (Wildman–Crippen MR) is 75.9 cm³/mol. The first-order valence-corrected chi connectivity index (χ1v) is 7.33. The van der Waals surface area contributed by atoms with E-state index in [2.05, 4.69) is 28.0 Å². The summed E-state index contributed by atoms with van der Waals surface area (Å²) in [7, 11) is 0. The third kappa shape index (κ3) is 2.94. The molecular weight excluding hydrogens is 310 g/mol. The maximum Gasteiger partial charge on any atom is 0.410 e. The molecule has 1 aromatic heterocycles. The average molecular weight is 330 g/mol. The minimum absolute atomic E-state index is 0.0143. The number of hydrogen-bond acceptors (Lipinski definition) is 3. The molecule has 19 heavy (non-hydrogen) atoms. The molecule has 1 atom stereocenters. The van der Waals surface area contributed by atoms with Gasteiger partial charge in [0.15, 0.2) is 0 Å². The van der Waals surface area contributed by atoms with Crippen molar-refractivity contribution in [1.82, 2.24) is 14.7 Å². The number of carbonyl (C=O) groups is 1. The Morgan fingerprint density at radius 1 is 1.53 bits per heavy atom. The molecule has 0 aromatic carbocycles. The highest BCUT2D eigenvalue weighted by atomic mass is 79.9. The highest BCUT2D eigenvalue weighted by molar-refractivity contribution is 9.10. The van der Waals surface area contributed by atoms with Crippen LogP contribution in [-0.2, 0) is 11.3 Å². The number of nitrogens with zero attached hydrogens (tertiary/aromatic N) is 3. The lowest BCUT2D eigenvalue weighted by molar-refractivity contribution is 0.00934. The molecule has 0 radical (unpaired) electrons. The molecule has 1 aliphatic heterocycles. The summed E-state index contributed by atoms with van der Waals surface area (Å²) in [5.74, 6) is 0. The summed E-state index contributed by atoms with van der Waals surface area (Å²) in [5.41, 5.74) is 0.587. The SMILES string of the molecule is CCC1c2c(Br)cnn2CCN1C(=O)OC(C)(C)C. The van der Waals surface area contributed by atoms with Crippen LogP contribution in [0, 0.1) is 0 Å². The van der Waals surface area contributed by atoms with Gasteiger partial charge in [0, 0.05) is 6.54 Å². The minimum Gasteiger partial charge on any atom is -0.444 e. The summed E-state index contributed by atoms with van der Waals surface area (Å²) in [6, 6.07) is 0.0143. The Bertz CT molecular complexity index is 479. The standard InChI is InChI=1S/C13H20BrN3O2/c1-5-10-11-9(14)8-15-17(11)7-6-16(10)12(18)19-13(2,3)4/h8,10H,5-7H2,1-4H3. The van der Waals surface area contributed by atoms with Crippen LogP contribution in [0.5, 0.6) is 0 Å². The van der Waals surface area contributed by atoms with Crippen LogP contribution in [0.25, 0.3) is 0 Å². The number of amides is 1. The molecular formula is C13H20BrN3O2. The molecule has 0 saturated heterocycles. The molecule has 1 aliphatic rings. The Hall–Kier alpha value is -1.04. The first-order valence-electron chi connectivity index (χ1n) is 6.54. The Kier molecular flexibility index (Phi) is 3.90. The third-order valence-electron chi connectivity index (χ3n) is 3.09. The lowest BCUT2D eigenvalue weighted by atomic mass is 10.1. The lowest BCUT2D eigenvalue weighted by Gasteiger charge is -2.36. The molecule has 0 bridgehead atoms. The van der Waals surface area contributed by atoms with Crippen molar-refractivity contribution in [2.24, 2.45) is 0 Å². The Morgan fingerprint density at radius 2 is 2.21 bits per heavy atom. The van der Waals surface area contributed by atoms with Gasteiger partial charge in [-0.3, -0.25) is 9.58 Å². The van der Waals surface area contributed by atoms with Crippen LogP contribution in [0.2, 0.25) is 0 Å². The van der Waals surface area contributed by atoms with Gasteiger partial charge in [0.2, 0.25) is 0 Å². The van der Waals surface area contributed by atoms with E-state index in [1.165, 1.54) is 0 Å². The van der Waals surface area contributed by atoms with Crippen LogP contribution in [0.3, 0.4) is 0 Å². The number of ether oxygens (including phenoxy) is 1. The van der Waals surface area contributed by atoms with Crippen molar-refractivity contribution in [2.75, 3.05) is 6.54 Å². The van der Waals surface area contributed by atoms with Crippen molar-refractivity contribution in [3.8, 4) is 0 Å². The van der Waals surface area contributed by atoms with Crippen molar-refractivity contribution in [3.05, 3.63) is 16.4 Å². The number of halogens is 1. The normalized spacial score (nSPS) is 19.2. The topological polar surface area (TPSA) is 47.4 Å². The minimum atomic E-state index is -0.468. The van der Waals surface area contributed by atoms with Gasteiger partial charge in [0.25, 0.3) is 0 Å². The molecule has 1 amide bonds. The quantitative estimate of drug-likeness (QED) is 0.793. The van der Waals surface area contributed by atoms with E-state index >= 15 is 0 Å². The van der Waals surface area contributed by atoms with Gasteiger partial charge in [0.05, 0.1) is 29.0 Å². The number of carbonyl (C=O) groups excluding carboxylic acids is 1. The highest BCUT2D eigenvalue weighted by Gasteiger charge is 2.34. The Labute approximate surface area is 122 Å². The van der Waals surface area contributed by atoms with Gasteiger partial charge in [-0.1, -0.05) is 6.92 Å². The second-order valence-corrected chi connectivity index (χ2v) is 6.55. The second-order valence-electron chi connectivity index (χ2n) is 5.70. The molecule has 1 unspecified atom stereocenters. The summed E-state index contributed by atoms with van der Waals surface area (Å²) in [6.45, 7) is 9.06. The number of fused-ring (bicyclic) bond motifs is 1. The van der Waals surface area contributed by atoms with Gasteiger partial charge in [0.1, 0.15) is 5.60 Å². The number of rotatable bonds is 1. The van der Waals surface area contributed by atoms with Gasteiger partial charge in [-0.2, -0.15) is 5.10 Å². The van der Waals surface area contributed by atoms with Crippen LogP contribution in [-0.4, -0.2) is 32.9 Å². The summed E-state index contributed by atoms with van der Waals surface area (Å²) in [4.78, 5) is 14.1. The third-order valence-corrected chi connectivity index (χ3v) is 3.70. The van der Waals surface area contributed by atoms with Gasteiger partial charge >= 0.3 is 6.09 Å². The largest absolute Gasteiger partial charge is 0.444 e. The van der Waals surface area contributed by atoms with E-state index in [9.17, 15) is 4.79 Å². The van der Waals surface area contributed by atoms with E-state index in [0.29, 0.717) is 13.1 Å². The van der Waals surface area contributed by atoms with Crippen LogP contribution in [0.15, 0.2) is 10.7 Å². The van der Waals surface area contributed by atoms with Gasteiger partial charge < -0.3 is 4.74 Å². The Morgan fingerprint density at radius 3 is 2.79 bits per heavy atom. The molecule has 0 saturated carbocycles. The van der Waals surface area contributed by atoms with Gasteiger partial charge in [-0.15, -0.1) is 0 Å². The fourth-order valence-corrected chi connectivity index (χ4v) is 2.90. The summed E-state index contributed by atoms with van der Waals surface area (Å²) in [5, 5.41) is 4.31. The van der Waals surface area contributed by atoms with E-state index in [4.69, 9.17) is 4.74 Å². The number of hydrogen-bond donors (Lipinski definition) is 0. The molecule has 0 N–H and O–H groups in total. The van der Waals surface area contributed by atoms with Crippen molar-refractivity contribution in [1.29, 1.82) is 0 Å². The smallest absolute Gasteiger partial charge is 0.410 e. The van der Waals surface area contributed by atoms with Crippen LogP contribution >= 0.6 is 15.9 Å². The maximum atomic E-state index is 12.3. The lowest BCUT2D eigenvalue weighted by Crippen LogP contribution is -2.44. The molecule has 0 aliphatic carbocycles. The first kappa shape index (κ1) is 14.4. The maximum absolute atomic E-state index is 12.3. The van der Waals surface area contributed by atoms with Crippen molar-refractivity contribution in [2.45, 2.75) is 52.3 Å². The van der Waals surface area contributed by atoms with E-state index in [0.717, 1.165) is 16.6 Å². The van der Waals surface area contributed by atoms with Gasteiger partial charge in [-0.05, 0) is 43.1 Å². The first-order chi connectivity index (χ1) is 8.83. The number of aromatic nitrogens is 2. The molecule has 2 heterocycles. The predicted octanol–water partition coefficient (Wildman–Crippen LogP) is 3.35. The molecule has 6 heteroatoms. The van der Waals surface area contributed by atoms with Crippen molar-refractivity contribution in [3.63, 3.8) is 0 Å². The van der Waals surface area contributed by atoms with Gasteiger partial charge in [-0.25, -0.2) is 4.79 Å². The van der Waals surface area contributed by atoms with Crippen LogP contribution in [0.4, 0.5) is 4.79 Å². The monoisotopic (exact) mass is 329 g/mol. The average Bonchev–Trinajstić information content (AvgIpc) is 2.68. The molecule has 1 aromatic rings. The fraction of sp³-hybridized carbons (Fsp3) is 0.692. The van der Waals surface area contributed by atoms with Crippen molar-refractivity contribution >= 4 is 22.0 Å². The van der Waals surface area contributed by atoms with E-state index in [1.54, 1.807) is 11.1 Å². The second kappa shape index (κ2) is 5.15. The van der Waals surface area contributed by atoms with E-state index in [-0.39, 0.29) is 12.1 Å². The molecule has 106 valence electrons. The van der Waals surface area contributed by atoms with Crippen LogP contribution in [0.1, 0.15) is 45.9 Å². The van der Waals surface area contributed by atoms with E-state index < -0.39 is 5.60 Å². The highest BCUT2D eigenvalue weighted by Crippen LogP contribution is 2.34. The van der Waals surface area contributed by atoms with Crippen molar-refractivity contribution < 1.29 is 9.53 Å². The summed E-state index contributed by atoms with van der Waals surface area (Å²) >= 11 is 3.51. The molecule has 2 rings (SSSR count). The summed E-state index contributed by atoms with van der Waals surface area (Å²) in [6.07, 6.45) is 2.37. The molecule has 5 nitrogen and oxygen atoms in total. The summed E-state index contributed by atoms with van der Waals surface area (Å²) < 4.78 is 8.39. The molecule has 0 spiro atoms. The fourth-order valence-electron chi connectivity index (χ4n) is 2.34.